The van der Waals surface area contributed by atoms with Crippen LogP contribution in [0, 0.1) is 0 Å². The average Bonchev–Trinajstić information content (AvgIpc) is 2.97. The summed E-state index contributed by atoms with van der Waals surface area (Å²) in [5.41, 5.74) is 1.43. The first-order chi connectivity index (χ1) is 9.39. The summed E-state index contributed by atoms with van der Waals surface area (Å²) in [7, 11) is -0.368. The van der Waals surface area contributed by atoms with Gasteiger partial charge in [-0.2, -0.15) is 0 Å². The number of aromatic nitrogens is 1. The zero-order valence-electron chi connectivity index (χ0n) is 12.8. The largest absolute Gasteiger partial charge is 0.514 e. The van der Waals surface area contributed by atoms with Crippen molar-refractivity contribution >= 4 is 18.4 Å². The van der Waals surface area contributed by atoms with Crippen LogP contribution in [0.4, 0.5) is 5.69 Å². The van der Waals surface area contributed by atoms with Crippen molar-refractivity contribution in [3.63, 3.8) is 0 Å². The molecule has 2 fully saturated rings. The number of hydrogen-bond acceptors (Lipinski definition) is 4. The number of anilines is 1. The van der Waals surface area contributed by atoms with Crippen LogP contribution in [-0.4, -0.2) is 36.4 Å². The van der Waals surface area contributed by atoms with Gasteiger partial charge in [-0.1, -0.05) is 0 Å². The quantitative estimate of drug-likeness (QED) is 0.772. The van der Waals surface area contributed by atoms with Gasteiger partial charge in [-0.15, -0.1) is 0 Å². The van der Waals surface area contributed by atoms with Gasteiger partial charge in [0.15, 0.2) is 0 Å². The summed E-state index contributed by atoms with van der Waals surface area (Å²) >= 11 is 0. The molecule has 0 atom stereocenters. The van der Waals surface area contributed by atoms with Gasteiger partial charge in [0.1, 0.15) is 0 Å². The Kier molecular flexibility index (Phi) is 3.29. The first-order valence-corrected chi connectivity index (χ1v) is 7.46. The third-order valence-corrected chi connectivity index (χ3v) is 4.74. The van der Waals surface area contributed by atoms with Gasteiger partial charge in [0.25, 0.3) is 0 Å². The highest BCUT2D eigenvalue weighted by Gasteiger charge is 2.52. The van der Waals surface area contributed by atoms with Gasteiger partial charge >= 0.3 is 7.12 Å². The second-order valence-corrected chi connectivity index (χ2v) is 6.72. The summed E-state index contributed by atoms with van der Waals surface area (Å²) in [6.07, 6.45) is 4.49. The van der Waals surface area contributed by atoms with Crippen LogP contribution in [0.2, 0.25) is 0 Å². The molecule has 0 aliphatic carbocycles. The summed E-state index contributed by atoms with van der Waals surface area (Å²) in [6.45, 7) is 10.5. The van der Waals surface area contributed by atoms with Crippen molar-refractivity contribution in [2.45, 2.75) is 51.7 Å². The molecule has 3 rings (SSSR count). The molecule has 0 radical (unpaired) electrons. The molecule has 0 N–H and O–H groups in total. The molecular weight excluding hydrogens is 251 g/mol. The molecule has 0 spiro atoms. The predicted molar refractivity (Wildman–Crippen MR) is 81.4 cm³/mol. The van der Waals surface area contributed by atoms with Gasteiger partial charge in [0.2, 0.25) is 0 Å². The topological polar surface area (TPSA) is 34.6 Å². The van der Waals surface area contributed by atoms with Gasteiger partial charge in [0.05, 0.1) is 22.5 Å². The van der Waals surface area contributed by atoms with Crippen molar-refractivity contribution < 1.29 is 9.31 Å². The molecule has 108 valence electrons. The van der Waals surface area contributed by atoms with Crippen LogP contribution in [0.25, 0.3) is 0 Å². The molecule has 20 heavy (non-hydrogen) atoms. The van der Waals surface area contributed by atoms with E-state index in [4.69, 9.17) is 9.31 Å². The van der Waals surface area contributed by atoms with Crippen LogP contribution in [0.15, 0.2) is 18.3 Å². The first-order valence-electron chi connectivity index (χ1n) is 7.46. The molecule has 2 saturated heterocycles. The van der Waals surface area contributed by atoms with Gasteiger partial charge in [0, 0.05) is 19.3 Å². The second kappa shape index (κ2) is 4.74. The summed E-state index contributed by atoms with van der Waals surface area (Å²) in [5, 5.41) is 0. The lowest BCUT2D eigenvalue weighted by Gasteiger charge is -2.32. The molecule has 1 aromatic rings. The third kappa shape index (κ3) is 2.33. The standard InChI is InChI=1S/C15H23BN2O2/c1-14(2)15(3,4)20-16(19-14)13-8-7-12(11-17-13)18-9-5-6-10-18/h7-8,11H,5-6,9-10H2,1-4H3. The van der Waals surface area contributed by atoms with E-state index < -0.39 is 0 Å². The van der Waals surface area contributed by atoms with Crippen molar-refractivity contribution in [2.75, 3.05) is 18.0 Å². The van der Waals surface area contributed by atoms with E-state index in [1.165, 1.54) is 18.5 Å². The molecule has 0 saturated carbocycles. The van der Waals surface area contributed by atoms with Crippen molar-refractivity contribution in [2.24, 2.45) is 0 Å². The summed E-state index contributed by atoms with van der Waals surface area (Å²) in [6, 6.07) is 4.15. The maximum absolute atomic E-state index is 6.02. The Hall–Kier alpha value is -1.07. The lowest BCUT2D eigenvalue weighted by Crippen LogP contribution is -2.41. The van der Waals surface area contributed by atoms with E-state index in [1.54, 1.807) is 0 Å². The van der Waals surface area contributed by atoms with Crippen molar-refractivity contribution in [1.29, 1.82) is 0 Å². The minimum atomic E-state index is -0.368. The van der Waals surface area contributed by atoms with Crippen molar-refractivity contribution in [1.82, 2.24) is 4.98 Å². The Balaban J connectivity index is 1.75. The molecule has 0 bridgehead atoms. The monoisotopic (exact) mass is 274 g/mol. The SMILES string of the molecule is CC1(C)OB(c2ccc(N3CCCC3)cn2)OC1(C)C. The Bertz CT molecular complexity index is 465. The van der Waals surface area contributed by atoms with E-state index in [1.807, 2.05) is 12.3 Å². The zero-order valence-corrected chi connectivity index (χ0v) is 12.8. The van der Waals surface area contributed by atoms with E-state index in [2.05, 4.69) is 43.6 Å². The first kappa shape index (κ1) is 13.9. The molecule has 4 nitrogen and oxygen atoms in total. The van der Waals surface area contributed by atoms with Crippen LogP contribution >= 0.6 is 0 Å². The van der Waals surface area contributed by atoms with E-state index >= 15 is 0 Å². The molecule has 3 heterocycles. The zero-order chi connectivity index (χ0) is 14.4. The van der Waals surface area contributed by atoms with Crippen LogP contribution in [0.5, 0.6) is 0 Å². The third-order valence-electron chi connectivity index (χ3n) is 4.74. The van der Waals surface area contributed by atoms with E-state index in [-0.39, 0.29) is 18.3 Å². The van der Waals surface area contributed by atoms with Gasteiger partial charge in [-0.05, 0) is 52.7 Å². The lowest BCUT2D eigenvalue weighted by atomic mass is 9.84. The van der Waals surface area contributed by atoms with Gasteiger partial charge in [-0.3, -0.25) is 4.98 Å². The van der Waals surface area contributed by atoms with E-state index in [9.17, 15) is 0 Å². The molecule has 2 aliphatic heterocycles. The molecule has 0 amide bonds. The maximum Gasteiger partial charge on any atom is 0.514 e. The number of rotatable bonds is 2. The van der Waals surface area contributed by atoms with Gasteiger partial charge in [-0.25, -0.2) is 0 Å². The van der Waals surface area contributed by atoms with Crippen molar-refractivity contribution in [3.8, 4) is 0 Å². The lowest BCUT2D eigenvalue weighted by molar-refractivity contribution is 0.00578. The van der Waals surface area contributed by atoms with Crippen molar-refractivity contribution in [3.05, 3.63) is 18.3 Å². The minimum absolute atomic E-state index is 0.313. The fourth-order valence-corrected chi connectivity index (χ4v) is 2.66. The average molecular weight is 274 g/mol. The van der Waals surface area contributed by atoms with E-state index in [0.717, 1.165) is 18.7 Å². The number of hydrogen-bond donors (Lipinski definition) is 0. The minimum Gasteiger partial charge on any atom is -0.398 e. The molecule has 5 heteroatoms. The summed E-state index contributed by atoms with van der Waals surface area (Å²) < 4.78 is 12.0. The molecule has 0 aromatic carbocycles. The Morgan fingerprint density at radius 3 is 2.15 bits per heavy atom. The predicted octanol–water partition coefficient (Wildman–Crippen LogP) is 1.98. The highest BCUT2D eigenvalue weighted by molar-refractivity contribution is 6.61. The molecule has 0 unspecified atom stereocenters. The smallest absolute Gasteiger partial charge is 0.398 e. The van der Waals surface area contributed by atoms with Crippen LogP contribution in [0.1, 0.15) is 40.5 Å². The van der Waals surface area contributed by atoms with E-state index in [0.29, 0.717) is 0 Å². The molecular formula is C15H23BN2O2. The van der Waals surface area contributed by atoms with Crippen LogP contribution in [-0.2, 0) is 9.31 Å². The fraction of sp³-hybridized carbons (Fsp3) is 0.667. The fourth-order valence-electron chi connectivity index (χ4n) is 2.66. The molecule has 2 aliphatic rings. The normalized spacial score (nSPS) is 24.4. The summed E-state index contributed by atoms with van der Waals surface area (Å²) in [4.78, 5) is 6.92. The Labute approximate surface area is 121 Å². The highest BCUT2D eigenvalue weighted by Crippen LogP contribution is 2.36. The van der Waals surface area contributed by atoms with Gasteiger partial charge < -0.3 is 14.2 Å². The molecule has 1 aromatic heterocycles. The number of pyridine rings is 1. The van der Waals surface area contributed by atoms with Crippen LogP contribution < -0.4 is 10.5 Å². The second-order valence-electron chi connectivity index (χ2n) is 6.72. The Morgan fingerprint density at radius 1 is 1.05 bits per heavy atom. The maximum atomic E-state index is 6.02. The number of nitrogens with zero attached hydrogens (tertiary/aromatic N) is 2. The van der Waals surface area contributed by atoms with Crippen LogP contribution in [0.3, 0.4) is 0 Å². The summed E-state index contributed by atoms with van der Waals surface area (Å²) in [5.74, 6) is 0. The Morgan fingerprint density at radius 2 is 1.65 bits per heavy atom. The highest BCUT2D eigenvalue weighted by atomic mass is 16.7.